The zero-order chi connectivity index (χ0) is 20.0. The molecular weight excluding hydrogens is 371 g/mol. The number of hydrogen-bond acceptors (Lipinski definition) is 5. The molecule has 146 valence electrons. The van der Waals surface area contributed by atoms with Crippen LogP contribution in [0.15, 0.2) is 54.9 Å². The van der Waals surface area contributed by atoms with E-state index in [-0.39, 0.29) is 24.1 Å². The summed E-state index contributed by atoms with van der Waals surface area (Å²) in [5, 5.41) is 24.0. The van der Waals surface area contributed by atoms with E-state index in [2.05, 4.69) is 15.3 Å². The average Bonchev–Trinajstić information content (AvgIpc) is 3.48. The first kappa shape index (κ1) is 17.5. The third-order valence-corrected chi connectivity index (χ3v) is 5.12. The summed E-state index contributed by atoms with van der Waals surface area (Å²) in [5.41, 5.74) is 3.00. The first-order chi connectivity index (χ1) is 14.1. The van der Waals surface area contributed by atoms with Crippen molar-refractivity contribution in [2.45, 2.75) is 25.4 Å². The molecule has 0 aliphatic heterocycles. The fourth-order valence-corrected chi connectivity index (χ4v) is 3.47. The highest BCUT2D eigenvalue weighted by Crippen LogP contribution is 2.31. The molecular formula is C22H19FN4O2. The van der Waals surface area contributed by atoms with Gasteiger partial charge in [0.05, 0.1) is 12.1 Å². The van der Waals surface area contributed by atoms with E-state index >= 15 is 0 Å². The van der Waals surface area contributed by atoms with Gasteiger partial charge in [-0.1, -0.05) is 6.07 Å². The topological polar surface area (TPSA) is 83.2 Å². The molecule has 2 heterocycles. The Morgan fingerprint density at radius 1 is 0.966 bits per heavy atom. The number of aromatic hydroxyl groups is 2. The second-order valence-corrected chi connectivity index (χ2v) is 7.36. The summed E-state index contributed by atoms with van der Waals surface area (Å²) in [4.78, 5) is 8.70. The monoisotopic (exact) mass is 390 g/mol. The molecule has 5 rings (SSSR count). The second-order valence-electron chi connectivity index (χ2n) is 7.36. The molecule has 0 amide bonds. The van der Waals surface area contributed by atoms with Crippen molar-refractivity contribution in [2.75, 3.05) is 5.32 Å². The van der Waals surface area contributed by atoms with Gasteiger partial charge < -0.3 is 15.5 Å². The van der Waals surface area contributed by atoms with Gasteiger partial charge in [0.15, 0.2) is 11.8 Å². The molecule has 6 nitrogen and oxygen atoms in total. The predicted octanol–water partition coefficient (Wildman–Crippen LogP) is 4.27. The molecule has 0 unspecified atom stereocenters. The molecule has 2 aromatic heterocycles. The van der Waals surface area contributed by atoms with E-state index in [1.54, 1.807) is 6.33 Å². The van der Waals surface area contributed by atoms with Crippen LogP contribution in [0.1, 0.15) is 18.4 Å². The standard InChI is InChI=1S/C22H19FN4O2/c23-16-8-13(11-27-20(28)5-6-21(27)29)7-15(9-16)14-1-4-19-18(10-14)22(25-12-24-19)26-17-2-3-17/h1,4-10,12,17,28-29H,2-3,11H2,(H,24,25,26). The maximum Gasteiger partial charge on any atom is 0.194 e. The van der Waals surface area contributed by atoms with E-state index in [0.29, 0.717) is 17.2 Å². The minimum absolute atomic E-state index is 0.0769. The third kappa shape index (κ3) is 3.47. The molecule has 0 bridgehead atoms. The first-order valence-corrected chi connectivity index (χ1v) is 9.45. The van der Waals surface area contributed by atoms with Crippen LogP contribution in [0, 0.1) is 5.82 Å². The number of rotatable bonds is 5. The van der Waals surface area contributed by atoms with Gasteiger partial charge in [-0.3, -0.25) is 4.57 Å². The van der Waals surface area contributed by atoms with Gasteiger partial charge in [0, 0.05) is 23.6 Å². The van der Waals surface area contributed by atoms with Crippen molar-refractivity contribution in [3.05, 3.63) is 66.2 Å². The molecule has 1 aliphatic carbocycles. The van der Waals surface area contributed by atoms with Crippen LogP contribution in [0.5, 0.6) is 11.8 Å². The van der Waals surface area contributed by atoms with Gasteiger partial charge in [0.25, 0.3) is 0 Å². The number of nitrogens with zero attached hydrogens (tertiary/aromatic N) is 3. The number of nitrogens with one attached hydrogen (secondary N) is 1. The van der Waals surface area contributed by atoms with Crippen LogP contribution in [-0.2, 0) is 6.54 Å². The quantitative estimate of drug-likeness (QED) is 0.474. The number of benzene rings is 2. The van der Waals surface area contributed by atoms with E-state index in [1.807, 2.05) is 24.3 Å². The molecule has 7 heteroatoms. The van der Waals surface area contributed by atoms with Gasteiger partial charge in [-0.25, -0.2) is 14.4 Å². The summed E-state index contributed by atoms with van der Waals surface area (Å²) in [6.07, 6.45) is 3.82. The van der Waals surface area contributed by atoms with Crippen molar-refractivity contribution in [1.29, 1.82) is 0 Å². The van der Waals surface area contributed by atoms with Crippen LogP contribution < -0.4 is 5.32 Å². The van der Waals surface area contributed by atoms with Crippen LogP contribution in [-0.4, -0.2) is 30.8 Å². The largest absolute Gasteiger partial charge is 0.494 e. The van der Waals surface area contributed by atoms with Crippen molar-refractivity contribution in [1.82, 2.24) is 14.5 Å². The highest BCUT2D eigenvalue weighted by molar-refractivity contribution is 5.92. The first-order valence-electron chi connectivity index (χ1n) is 9.45. The Morgan fingerprint density at radius 2 is 1.76 bits per heavy atom. The summed E-state index contributed by atoms with van der Waals surface area (Å²) in [5.74, 6) is 0.251. The molecule has 0 atom stereocenters. The Morgan fingerprint density at radius 3 is 2.52 bits per heavy atom. The van der Waals surface area contributed by atoms with Crippen molar-refractivity contribution in [3.63, 3.8) is 0 Å². The molecule has 1 fully saturated rings. The molecule has 1 saturated carbocycles. The molecule has 2 aromatic carbocycles. The van der Waals surface area contributed by atoms with Crippen LogP contribution in [0.2, 0.25) is 0 Å². The van der Waals surface area contributed by atoms with Crippen LogP contribution in [0.25, 0.3) is 22.0 Å². The normalized spacial score (nSPS) is 13.7. The lowest BCUT2D eigenvalue weighted by Gasteiger charge is -2.11. The third-order valence-electron chi connectivity index (χ3n) is 5.12. The van der Waals surface area contributed by atoms with Crippen molar-refractivity contribution in [3.8, 4) is 22.9 Å². The van der Waals surface area contributed by atoms with Crippen molar-refractivity contribution < 1.29 is 14.6 Å². The Hall–Kier alpha value is -3.61. The van der Waals surface area contributed by atoms with Crippen LogP contribution in [0.3, 0.4) is 0 Å². The lowest BCUT2D eigenvalue weighted by Crippen LogP contribution is -2.04. The van der Waals surface area contributed by atoms with E-state index in [0.717, 1.165) is 35.1 Å². The van der Waals surface area contributed by atoms with E-state index in [1.165, 1.54) is 28.8 Å². The molecule has 0 radical (unpaired) electrons. The fourth-order valence-electron chi connectivity index (χ4n) is 3.47. The lowest BCUT2D eigenvalue weighted by molar-refractivity contribution is 0.377. The van der Waals surface area contributed by atoms with Gasteiger partial charge in [0.2, 0.25) is 0 Å². The Balaban J connectivity index is 1.54. The number of fused-ring (bicyclic) bond motifs is 1. The summed E-state index contributed by atoms with van der Waals surface area (Å²) >= 11 is 0. The molecule has 29 heavy (non-hydrogen) atoms. The zero-order valence-electron chi connectivity index (χ0n) is 15.5. The Kier molecular flexibility index (Phi) is 4.08. The van der Waals surface area contributed by atoms with Crippen molar-refractivity contribution in [2.24, 2.45) is 0 Å². The van der Waals surface area contributed by atoms with Gasteiger partial charge >= 0.3 is 0 Å². The summed E-state index contributed by atoms with van der Waals surface area (Å²) in [6, 6.07) is 13.7. The summed E-state index contributed by atoms with van der Waals surface area (Å²) in [7, 11) is 0. The van der Waals surface area contributed by atoms with E-state index in [9.17, 15) is 14.6 Å². The SMILES string of the molecule is Oc1ccc(O)n1Cc1cc(F)cc(-c2ccc3ncnc(NC4CC4)c3c2)c1. The van der Waals surface area contributed by atoms with Crippen LogP contribution in [0.4, 0.5) is 10.2 Å². The Bertz CT molecular complexity index is 1200. The molecule has 0 spiro atoms. The zero-order valence-corrected chi connectivity index (χ0v) is 15.5. The maximum absolute atomic E-state index is 14.3. The number of anilines is 1. The van der Waals surface area contributed by atoms with Crippen molar-refractivity contribution >= 4 is 16.7 Å². The molecule has 1 aliphatic rings. The van der Waals surface area contributed by atoms with Gasteiger partial charge in [-0.05, 0) is 59.9 Å². The summed E-state index contributed by atoms with van der Waals surface area (Å²) < 4.78 is 15.7. The number of aromatic nitrogens is 3. The minimum atomic E-state index is -0.385. The average molecular weight is 390 g/mol. The lowest BCUT2D eigenvalue weighted by atomic mass is 10.0. The highest BCUT2D eigenvalue weighted by atomic mass is 19.1. The second kappa shape index (κ2) is 6.77. The van der Waals surface area contributed by atoms with E-state index < -0.39 is 0 Å². The van der Waals surface area contributed by atoms with Gasteiger partial charge in [0.1, 0.15) is 18.0 Å². The fraction of sp³-hybridized carbons (Fsp3) is 0.182. The number of hydrogen-bond donors (Lipinski definition) is 3. The summed E-state index contributed by atoms with van der Waals surface area (Å²) in [6.45, 7) is 0.153. The van der Waals surface area contributed by atoms with Crippen LogP contribution >= 0.6 is 0 Å². The molecule has 3 N–H and O–H groups in total. The highest BCUT2D eigenvalue weighted by Gasteiger charge is 2.22. The van der Waals surface area contributed by atoms with Gasteiger partial charge in [-0.2, -0.15) is 0 Å². The predicted molar refractivity (Wildman–Crippen MR) is 108 cm³/mol. The number of halogens is 1. The van der Waals surface area contributed by atoms with E-state index in [4.69, 9.17) is 0 Å². The minimum Gasteiger partial charge on any atom is -0.494 e. The maximum atomic E-state index is 14.3. The molecule has 0 saturated heterocycles. The smallest absolute Gasteiger partial charge is 0.194 e. The van der Waals surface area contributed by atoms with Gasteiger partial charge in [-0.15, -0.1) is 0 Å². The Labute approximate surface area is 166 Å². The molecule has 4 aromatic rings.